The molecule has 1 atom stereocenters. The van der Waals surface area contributed by atoms with E-state index in [4.69, 9.17) is 4.98 Å². The molecule has 1 fully saturated rings. The topological polar surface area (TPSA) is 40.7 Å². The highest BCUT2D eigenvalue weighted by Gasteiger charge is 2.20. The molecule has 0 aliphatic carbocycles. The predicted molar refractivity (Wildman–Crippen MR) is 85.0 cm³/mol. The van der Waals surface area contributed by atoms with Crippen LogP contribution >= 0.6 is 38.6 Å². The van der Waals surface area contributed by atoms with Crippen molar-refractivity contribution in [1.29, 1.82) is 0 Å². The lowest BCUT2D eigenvalue weighted by atomic mass is 10.2. The molecule has 0 aromatic carbocycles. The van der Waals surface area contributed by atoms with E-state index in [9.17, 15) is 0 Å². The van der Waals surface area contributed by atoms with Crippen molar-refractivity contribution in [2.24, 2.45) is 0 Å². The molecule has 0 radical (unpaired) electrons. The maximum absolute atomic E-state index is 4.77. The van der Waals surface area contributed by atoms with Gasteiger partial charge in [0.2, 0.25) is 0 Å². The number of nitrogens with one attached hydrogen (secondary N) is 2. The molecule has 2 N–H and O–H groups in total. The molecule has 4 heterocycles. The summed E-state index contributed by atoms with van der Waals surface area (Å²) in [7, 11) is 0. The molecule has 1 aliphatic rings. The normalized spacial score (nSPS) is 19.5. The Balaban J connectivity index is 1.75. The molecule has 4 rings (SSSR count). The Kier molecular flexibility index (Phi) is 2.99. The number of imidazole rings is 1. The third kappa shape index (κ3) is 1.98. The summed E-state index contributed by atoms with van der Waals surface area (Å²) >= 11 is 7.15. The van der Waals surface area contributed by atoms with Crippen LogP contribution in [-0.4, -0.2) is 16.5 Å². The van der Waals surface area contributed by atoms with Crippen LogP contribution in [-0.2, 0) is 0 Å². The molecular formula is C13H12BrN3S2. The average Bonchev–Trinajstić information content (AvgIpc) is 3.14. The van der Waals surface area contributed by atoms with Gasteiger partial charge in [-0.3, -0.25) is 0 Å². The predicted octanol–water partition coefficient (Wildman–Crippen LogP) is 4.54. The molecule has 1 aliphatic heterocycles. The van der Waals surface area contributed by atoms with Crippen molar-refractivity contribution < 1.29 is 0 Å². The van der Waals surface area contributed by atoms with Crippen molar-refractivity contribution in [3.05, 3.63) is 27.3 Å². The third-order valence-electron chi connectivity index (χ3n) is 3.51. The van der Waals surface area contributed by atoms with Gasteiger partial charge in [0, 0.05) is 27.0 Å². The zero-order chi connectivity index (χ0) is 12.8. The monoisotopic (exact) mass is 353 g/mol. The van der Waals surface area contributed by atoms with E-state index in [0.717, 1.165) is 18.1 Å². The minimum Gasteiger partial charge on any atom is -0.347 e. The van der Waals surface area contributed by atoms with E-state index in [1.54, 1.807) is 22.7 Å². The fourth-order valence-electron chi connectivity index (χ4n) is 2.54. The van der Waals surface area contributed by atoms with Gasteiger partial charge >= 0.3 is 0 Å². The van der Waals surface area contributed by atoms with Gasteiger partial charge in [-0.15, -0.1) is 22.7 Å². The van der Waals surface area contributed by atoms with Gasteiger partial charge in [-0.25, -0.2) is 4.98 Å². The highest BCUT2D eigenvalue weighted by Crippen LogP contribution is 2.41. The van der Waals surface area contributed by atoms with Gasteiger partial charge in [-0.2, -0.15) is 0 Å². The Labute approximate surface area is 127 Å². The van der Waals surface area contributed by atoms with Crippen LogP contribution in [0.3, 0.4) is 0 Å². The zero-order valence-electron chi connectivity index (χ0n) is 10.1. The molecule has 19 heavy (non-hydrogen) atoms. The van der Waals surface area contributed by atoms with E-state index in [0.29, 0.717) is 6.04 Å². The van der Waals surface area contributed by atoms with Gasteiger partial charge in [-0.1, -0.05) is 0 Å². The summed E-state index contributed by atoms with van der Waals surface area (Å²) in [5.41, 5.74) is 2.31. The Bertz CT molecular complexity index is 721. The molecule has 0 amide bonds. The maximum atomic E-state index is 4.77. The maximum Gasteiger partial charge on any atom is 0.124 e. The number of aromatic amines is 1. The summed E-state index contributed by atoms with van der Waals surface area (Å²) in [6, 6.07) is 0.401. The largest absolute Gasteiger partial charge is 0.347 e. The van der Waals surface area contributed by atoms with Crippen LogP contribution in [0.15, 0.2) is 21.4 Å². The Hall–Kier alpha value is -0.690. The zero-order valence-corrected chi connectivity index (χ0v) is 13.3. The quantitative estimate of drug-likeness (QED) is 0.709. The lowest BCUT2D eigenvalue weighted by Crippen LogP contribution is -2.14. The highest BCUT2D eigenvalue weighted by molar-refractivity contribution is 9.10. The van der Waals surface area contributed by atoms with Gasteiger partial charge in [0.25, 0.3) is 0 Å². The standard InChI is InChI=1S/C13H12BrN3S2/c14-8-6-19-11-7(5-18-12(8)11)10-4-16-13(17-10)9-2-1-3-15-9/h4-6,9,15H,1-3H2,(H,16,17)/t9-/m0/s1. The van der Waals surface area contributed by atoms with E-state index in [-0.39, 0.29) is 0 Å². The molecule has 0 spiro atoms. The lowest BCUT2D eigenvalue weighted by Gasteiger charge is -2.04. The highest BCUT2D eigenvalue weighted by atomic mass is 79.9. The first-order chi connectivity index (χ1) is 9.33. The number of halogens is 1. The molecule has 6 heteroatoms. The van der Waals surface area contributed by atoms with Gasteiger partial charge in [0.05, 0.1) is 21.1 Å². The Morgan fingerprint density at radius 3 is 3.00 bits per heavy atom. The van der Waals surface area contributed by atoms with Crippen LogP contribution < -0.4 is 5.32 Å². The first-order valence-electron chi connectivity index (χ1n) is 6.26. The molecule has 98 valence electrons. The van der Waals surface area contributed by atoms with E-state index in [1.807, 2.05) is 6.20 Å². The summed E-state index contributed by atoms with van der Waals surface area (Å²) in [4.78, 5) is 8.11. The second kappa shape index (κ2) is 4.70. The SMILES string of the molecule is Brc1csc2c(-c3c[nH]c([C@@H]4CCCN4)n3)csc12. The molecule has 1 saturated heterocycles. The molecule has 0 bridgehead atoms. The van der Waals surface area contributed by atoms with Crippen molar-refractivity contribution in [2.45, 2.75) is 18.9 Å². The van der Waals surface area contributed by atoms with Crippen LogP contribution in [0.1, 0.15) is 24.7 Å². The van der Waals surface area contributed by atoms with Crippen LogP contribution in [0.4, 0.5) is 0 Å². The van der Waals surface area contributed by atoms with E-state index >= 15 is 0 Å². The average molecular weight is 354 g/mol. The number of hydrogen-bond acceptors (Lipinski definition) is 4. The van der Waals surface area contributed by atoms with Crippen molar-refractivity contribution in [1.82, 2.24) is 15.3 Å². The number of fused-ring (bicyclic) bond motifs is 1. The summed E-state index contributed by atoms with van der Waals surface area (Å²) in [6.45, 7) is 1.10. The number of nitrogens with zero attached hydrogens (tertiary/aromatic N) is 1. The van der Waals surface area contributed by atoms with Gasteiger partial charge in [0.1, 0.15) is 5.82 Å². The summed E-state index contributed by atoms with van der Waals surface area (Å²) < 4.78 is 3.84. The first kappa shape index (κ1) is 12.1. The fourth-order valence-corrected chi connectivity index (χ4v) is 5.58. The van der Waals surface area contributed by atoms with Crippen molar-refractivity contribution in [2.75, 3.05) is 6.54 Å². The summed E-state index contributed by atoms with van der Waals surface area (Å²) in [5.74, 6) is 1.07. The van der Waals surface area contributed by atoms with Crippen LogP contribution in [0.25, 0.3) is 20.7 Å². The van der Waals surface area contributed by atoms with E-state index in [1.165, 1.54) is 32.3 Å². The molecule has 3 nitrogen and oxygen atoms in total. The van der Waals surface area contributed by atoms with Crippen LogP contribution in [0.2, 0.25) is 0 Å². The second-order valence-electron chi connectivity index (χ2n) is 4.71. The Morgan fingerprint density at radius 1 is 1.26 bits per heavy atom. The van der Waals surface area contributed by atoms with Gasteiger partial charge < -0.3 is 10.3 Å². The number of aromatic nitrogens is 2. The molecule has 3 aromatic heterocycles. The second-order valence-corrected chi connectivity index (χ2v) is 7.32. The smallest absolute Gasteiger partial charge is 0.124 e. The van der Waals surface area contributed by atoms with Crippen molar-refractivity contribution in [3.8, 4) is 11.3 Å². The minimum atomic E-state index is 0.401. The third-order valence-corrected chi connectivity index (χ3v) is 6.85. The summed E-state index contributed by atoms with van der Waals surface area (Å²) in [6.07, 6.45) is 4.45. The lowest BCUT2D eigenvalue weighted by molar-refractivity contribution is 0.613. The number of hydrogen-bond donors (Lipinski definition) is 2. The fraction of sp³-hybridized carbons (Fsp3) is 0.308. The van der Waals surface area contributed by atoms with Gasteiger partial charge in [0.15, 0.2) is 0 Å². The van der Waals surface area contributed by atoms with Crippen LogP contribution in [0.5, 0.6) is 0 Å². The number of rotatable bonds is 2. The van der Waals surface area contributed by atoms with Crippen LogP contribution in [0, 0.1) is 0 Å². The molecule has 3 aromatic rings. The van der Waals surface area contributed by atoms with E-state index < -0.39 is 0 Å². The molecular weight excluding hydrogens is 342 g/mol. The van der Waals surface area contributed by atoms with Crippen molar-refractivity contribution in [3.63, 3.8) is 0 Å². The number of H-pyrrole nitrogens is 1. The molecule has 0 unspecified atom stereocenters. The summed E-state index contributed by atoms with van der Waals surface area (Å²) in [5, 5.41) is 7.83. The molecule has 0 saturated carbocycles. The Morgan fingerprint density at radius 2 is 2.16 bits per heavy atom. The number of thiophene rings is 2. The van der Waals surface area contributed by atoms with Crippen molar-refractivity contribution >= 4 is 48.0 Å². The first-order valence-corrected chi connectivity index (χ1v) is 8.81. The minimum absolute atomic E-state index is 0.401. The van der Waals surface area contributed by atoms with E-state index in [2.05, 4.69) is 37.0 Å². The van der Waals surface area contributed by atoms with Gasteiger partial charge in [-0.05, 0) is 35.3 Å².